The molecule has 138 valence electrons. The lowest BCUT2D eigenvalue weighted by Crippen LogP contribution is -2.45. The van der Waals surface area contributed by atoms with Gasteiger partial charge in [0.1, 0.15) is 5.75 Å². The monoisotopic (exact) mass is 365 g/mol. The van der Waals surface area contributed by atoms with Crippen molar-refractivity contribution < 1.29 is 22.7 Å². The first-order chi connectivity index (χ1) is 12.3. The smallest absolute Gasteiger partial charge is 0.417 e. The predicted molar refractivity (Wildman–Crippen MR) is 88.9 cm³/mol. The van der Waals surface area contributed by atoms with Crippen LogP contribution in [0.3, 0.4) is 0 Å². The lowest BCUT2D eigenvalue weighted by Gasteiger charge is -2.30. The molecule has 1 aliphatic rings. The Kier molecular flexibility index (Phi) is 5.13. The number of likely N-dealkylation sites (tertiary alicyclic amines) is 1. The maximum Gasteiger partial charge on any atom is 0.417 e. The third kappa shape index (κ3) is 4.32. The number of piperidine rings is 1. The van der Waals surface area contributed by atoms with E-state index in [1.54, 1.807) is 29.2 Å². The van der Waals surface area contributed by atoms with E-state index in [-0.39, 0.29) is 17.8 Å². The number of hydrogen-bond donors (Lipinski definition) is 1. The second-order valence-corrected chi connectivity index (χ2v) is 6.16. The van der Waals surface area contributed by atoms with Crippen LogP contribution in [0.1, 0.15) is 28.8 Å². The second-order valence-electron chi connectivity index (χ2n) is 6.16. The Morgan fingerprint density at radius 1 is 1.19 bits per heavy atom. The van der Waals surface area contributed by atoms with Gasteiger partial charge in [-0.1, -0.05) is 0 Å². The Morgan fingerprint density at radius 2 is 1.92 bits per heavy atom. The number of aromatic nitrogens is 1. The predicted octanol–water partition coefficient (Wildman–Crippen LogP) is 3.46. The zero-order valence-electron chi connectivity index (χ0n) is 13.9. The topological polar surface area (TPSA) is 68.5 Å². The first-order valence-corrected chi connectivity index (χ1v) is 8.19. The maximum atomic E-state index is 12.5. The van der Waals surface area contributed by atoms with E-state index in [9.17, 15) is 18.0 Å². The lowest BCUT2D eigenvalue weighted by atomic mass is 10.1. The van der Waals surface area contributed by atoms with E-state index >= 15 is 0 Å². The molecule has 0 radical (unpaired) electrons. The number of carbonyl (C=O) groups is 1. The van der Waals surface area contributed by atoms with Gasteiger partial charge in [-0.3, -0.25) is 4.79 Å². The number of pyridine rings is 1. The number of carbonyl (C=O) groups excluding carboxylic acids is 1. The van der Waals surface area contributed by atoms with Crippen molar-refractivity contribution >= 4 is 5.91 Å². The minimum Gasteiger partial charge on any atom is -0.439 e. The highest BCUT2D eigenvalue weighted by atomic mass is 19.4. The summed E-state index contributed by atoms with van der Waals surface area (Å²) in [6.45, 7) is 1.22. The Balaban J connectivity index is 1.65. The fraction of sp³-hybridized carbons (Fsp3) is 0.333. The second kappa shape index (κ2) is 7.33. The van der Waals surface area contributed by atoms with Crippen LogP contribution in [-0.2, 0) is 6.18 Å². The quantitative estimate of drug-likeness (QED) is 0.905. The molecule has 0 aliphatic carbocycles. The van der Waals surface area contributed by atoms with E-state index < -0.39 is 11.7 Å². The Bertz CT molecular complexity index is 761. The van der Waals surface area contributed by atoms with Crippen molar-refractivity contribution in [3.63, 3.8) is 0 Å². The van der Waals surface area contributed by atoms with E-state index in [1.165, 1.54) is 0 Å². The fourth-order valence-electron chi connectivity index (χ4n) is 2.77. The van der Waals surface area contributed by atoms with Crippen LogP contribution >= 0.6 is 0 Å². The summed E-state index contributed by atoms with van der Waals surface area (Å²) in [5.41, 5.74) is 5.56. The molecule has 0 saturated carbocycles. The number of alkyl halides is 3. The van der Waals surface area contributed by atoms with Crippen molar-refractivity contribution in [2.75, 3.05) is 13.1 Å². The number of nitrogens with two attached hydrogens (primary N) is 1. The highest BCUT2D eigenvalue weighted by Gasteiger charge is 2.30. The van der Waals surface area contributed by atoms with Crippen LogP contribution in [0.15, 0.2) is 42.6 Å². The highest BCUT2D eigenvalue weighted by Crippen LogP contribution is 2.30. The first kappa shape index (κ1) is 18.2. The average molecular weight is 365 g/mol. The molecule has 26 heavy (non-hydrogen) atoms. The number of nitrogens with zero attached hydrogens (tertiary/aromatic N) is 2. The van der Waals surface area contributed by atoms with E-state index in [0.29, 0.717) is 30.6 Å². The van der Waals surface area contributed by atoms with Gasteiger partial charge in [0, 0.05) is 37.0 Å². The number of ether oxygens (including phenoxy) is 1. The summed E-state index contributed by atoms with van der Waals surface area (Å²) in [4.78, 5) is 17.8. The summed E-state index contributed by atoms with van der Waals surface area (Å²) >= 11 is 0. The van der Waals surface area contributed by atoms with E-state index in [4.69, 9.17) is 10.5 Å². The van der Waals surface area contributed by atoms with Crippen LogP contribution in [0, 0.1) is 0 Å². The molecule has 0 bridgehead atoms. The number of rotatable bonds is 3. The van der Waals surface area contributed by atoms with E-state index in [1.807, 2.05) is 0 Å². The molecule has 5 nitrogen and oxygen atoms in total. The van der Waals surface area contributed by atoms with Crippen LogP contribution in [0.4, 0.5) is 13.2 Å². The van der Waals surface area contributed by atoms with Crippen molar-refractivity contribution in [3.05, 3.63) is 53.7 Å². The molecular formula is C18H18F3N3O2. The van der Waals surface area contributed by atoms with Gasteiger partial charge in [-0.25, -0.2) is 4.98 Å². The minimum atomic E-state index is -4.44. The molecule has 1 aromatic heterocycles. The van der Waals surface area contributed by atoms with Gasteiger partial charge in [-0.2, -0.15) is 13.2 Å². The number of hydrogen-bond acceptors (Lipinski definition) is 4. The summed E-state index contributed by atoms with van der Waals surface area (Å²) in [6, 6.07) is 8.44. The van der Waals surface area contributed by atoms with Gasteiger partial charge in [0.25, 0.3) is 5.91 Å². The van der Waals surface area contributed by atoms with Crippen molar-refractivity contribution in [1.82, 2.24) is 9.88 Å². The SMILES string of the molecule is N[C@@H]1CCCN(C(=O)c2ccc(Oc3ccc(C(F)(F)F)cn3)cc2)C1. The largest absolute Gasteiger partial charge is 0.439 e. The summed E-state index contributed by atoms with van der Waals surface area (Å²) < 4.78 is 43.0. The molecule has 1 fully saturated rings. The molecule has 2 heterocycles. The van der Waals surface area contributed by atoms with Gasteiger partial charge in [-0.15, -0.1) is 0 Å². The van der Waals surface area contributed by atoms with E-state index in [0.717, 1.165) is 25.0 Å². The standard InChI is InChI=1S/C18H18F3N3O2/c19-18(20,21)13-5-8-16(23-10-13)26-15-6-3-12(4-7-15)17(25)24-9-1-2-14(22)11-24/h3-8,10,14H,1-2,9,11,22H2/t14-/m1/s1. The average Bonchev–Trinajstić information content (AvgIpc) is 2.61. The van der Waals surface area contributed by atoms with Gasteiger partial charge in [0.15, 0.2) is 0 Å². The zero-order valence-corrected chi connectivity index (χ0v) is 13.9. The molecule has 1 saturated heterocycles. The van der Waals surface area contributed by atoms with Crippen LogP contribution in [0.2, 0.25) is 0 Å². The van der Waals surface area contributed by atoms with Crippen LogP contribution < -0.4 is 10.5 Å². The van der Waals surface area contributed by atoms with Crippen LogP contribution in [0.25, 0.3) is 0 Å². The summed E-state index contributed by atoms with van der Waals surface area (Å²) in [7, 11) is 0. The first-order valence-electron chi connectivity index (χ1n) is 8.19. The van der Waals surface area contributed by atoms with Gasteiger partial charge in [0.05, 0.1) is 5.56 Å². The number of halogens is 3. The lowest BCUT2D eigenvalue weighted by molar-refractivity contribution is -0.137. The number of benzene rings is 1. The van der Waals surface area contributed by atoms with E-state index in [2.05, 4.69) is 4.98 Å². The van der Waals surface area contributed by atoms with Gasteiger partial charge >= 0.3 is 6.18 Å². The Morgan fingerprint density at radius 3 is 2.50 bits per heavy atom. The molecule has 1 amide bonds. The molecule has 2 aromatic rings. The highest BCUT2D eigenvalue weighted by molar-refractivity contribution is 5.94. The minimum absolute atomic E-state index is 0.000973. The molecule has 2 N–H and O–H groups in total. The van der Waals surface area contributed by atoms with Gasteiger partial charge in [-0.05, 0) is 43.2 Å². The summed E-state index contributed by atoms with van der Waals surface area (Å²) in [5, 5.41) is 0. The number of amides is 1. The van der Waals surface area contributed by atoms with Crippen LogP contribution in [0.5, 0.6) is 11.6 Å². The molecule has 1 aromatic carbocycles. The molecule has 1 atom stereocenters. The van der Waals surface area contributed by atoms with Gasteiger partial charge < -0.3 is 15.4 Å². The third-order valence-electron chi connectivity index (χ3n) is 4.13. The Hall–Kier alpha value is -2.61. The molecule has 0 spiro atoms. The molecular weight excluding hydrogens is 347 g/mol. The summed E-state index contributed by atoms with van der Waals surface area (Å²) in [6.07, 6.45) is -1.93. The van der Waals surface area contributed by atoms with Crippen LogP contribution in [-0.4, -0.2) is 34.9 Å². The normalized spacial score (nSPS) is 17.8. The molecule has 3 rings (SSSR count). The fourth-order valence-corrected chi connectivity index (χ4v) is 2.77. The molecule has 0 unspecified atom stereocenters. The Labute approximate surface area is 148 Å². The maximum absolute atomic E-state index is 12.5. The summed E-state index contributed by atoms with van der Waals surface area (Å²) in [5.74, 6) is 0.322. The molecule has 1 aliphatic heterocycles. The zero-order chi connectivity index (χ0) is 18.7. The molecule has 8 heteroatoms. The third-order valence-corrected chi connectivity index (χ3v) is 4.13. The van der Waals surface area contributed by atoms with Crippen molar-refractivity contribution in [2.45, 2.75) is 25.1 Å². The van der Waals surface area contributed by atoms with Gasteiger partial charge in [0.2, 0.25) is 5.88 Å². The van der Waals surface area contributed by atoms with Crippen molar-refractivity contribution in [3.8, 4) is 11.6 Å². The van der Waals surface area contributed by atoms with Crippen molar-refractivity contribution in [2.24, 2.45) is 5.73 Å². The van der Waals surface area contributed by atoms with Crippen molar-refractivity contribution in [1.29, 1.82) is 0 Å².